The minimum atomic E-state index is -4.01. The lowest BCUT2D eigenvalue weighted by atomic mass is 10.2. The van der Waals surface area contributed by atoms with Gasteiger partial charge >= 0.3 is 0 Å². The predicted octanol–water partition coefficient (Wildman–Crippen LogP) is 4.11. The van der Waals surface area contributed by atoms with Gasteiger partial charge in [-0.3, -0.25) is 9.10 Å². The molecule has 0 saturated heterocycles. The molecule has 0 heterocycles. The maximum absolute atomic E-state index is 13.6. The van der Waals surface area contributed by atoms with Gasteiger partial charge in [-0.2, -0.15) is 0 Å². The van der Waals surface area contributed by atoms with Gasteiger partial charge in [-0.05, 0) is 35.9 Å². The van der Waals surface area contributed by atoms with Gasteiger partial charge in [0.25, 0.3) is 15.9 Å². The zero-order valence-electron chi connectivity index (χ0n) is 17.0. The summed E-state index contributed by atoms with van der Waals surface area (Å²) in [5.74, 6) is -0.374. The molecule has 0 saturated carbocycles. The molecule has 0 fully saturated rings. The van der Waals surface area contributed by atoms with Gasteiger partial charge in [-0.25, -0.2) is 8.42 Å². The van der Waals surface area contributed by atoms with E-state index in [0.717, 1.165) is 5.56 Å². The van der Waals surface area contributed by atoms with E-state index in [-0.39, 0.29) is 22.9 Å². The van der Waals surface area contributed by atoms with Crippen LogP contribution in [-0.2, 0) is 21.3 Å². The highest BCUT2D eigenvalue weighted by atomic mass is 35.5. The second kappa shape index (κ2) is 10.4. The molecule has 6 nitrogen and oxygen atoms in total. The van der Waals surface area contributed by atoms with Crippen LogP contribution in [0.25, 0.3) is 0 Å². The zero-order valence-corrected chi connectivity index (χ0v) is 18.6. The van der Waals surface area contributed by atoms with Gasteiger partial charge in [-0.15, -0.1) is 0 Å². The predicted molar refractivity (Wildman–Crippen MR) is 122 cm³/mol. The molecule has 0 spiro atoms. The fourth-order valence-corrected chi connectivity index (χ4v) is 4.80. The van der Waals surface area contributed by atoms with Gasteiger partial charge < -0.3 is 10.1 Å². The van der Waals surface area contributed by atoms with Gasteiger partial charge in [-0.1, -0.05) is 60.1 Å². The second-order valence-corrected chi connectivity index (χ2v) is 8.99. The molecular formula is C23H23ClN2O4S. The van der Waals surface area contributed by atoms with Crippen LogP contribution in [0.1, 0.15) is 15.9 Å². The SMILES string of the molecule is COCCNC(=O)c1cccc(S(=O)(=O)N(Cc2ccccc2)c2ccccc2Cl)c1. The minimum Gasteiger partial charge on any atom is -0.383 e. The summed E-state index contributed by atoms with van der Waals surface area (Å²) in [7, 11) is -2.47. The summed E-state index contributed by atoms with van der Waals surface area (Å²) in [6, 6.07) is 22.0. The number of benzene rings is 3. The fraction of sp³-hybridized carbons (Fsp3) is 0.174. The number of para-hydroxylation sites is 1. The lowest BCUT2D eigenvalue weighted by Gasteiger charge is -2.26. The van der Waals surface area contributed by atoms with E-state index in [4.69, 9.17) is 16.3 Å². The third kappa shape index (κ3) is 5.64. The van der Waals surface area contributed by atoms with E-state index in [9.17, 15) is 13.2 Å². The number of nitrogens with zero attached hydrogens (tertiary/aromatic N) is 1. The molecule has 162 valence electrons. The van der Waals surface area contributed by atoms with E-state index in [1.165, 1.54) is 23.5 Å². The Morgan fingerprint density at radius 2 is 1.71 bits per heavy atom. The summed E-state index contributed by atoms with van der Waals surface area (Å²) in [6.07, 6.45) is 0. The topological polar surface area (TPSA) is 75.7 Å². The first kappa shape index (κ1) is 22.8. The number of anilines is 1. The van der Waals surface area contributed by atoms with Crippen molar-refractivity contribution in [2.45, 2.75) is 11.4 Å². The number of hydrogen-bond acceptors (Lipinski definition) is 4. The van der Waals surface area contributed by atoms with Gasteiger partial charge in [0.05, 0.1) is 28.8 Å². The van der Waals surface area contributed by atoms with Crippen LogP contribution in [0, 0.1) is 0 Å². The van der Waals surface area contributed by atoms with Gasteiger partial charge in [0.1, 0.15) is 0 Å². The highest BCUT2D eigenvalue weighted by Crippen LogP contribution is 2.32. The molecule has 31 heavy (non-hydrogen) atoms. The molecule has 0 radical (unpaired) electrons. The number of carbonyl (C=O) groups is 1. The average Bonchev–Trinajstić information content (AvgIpc) is 2.79. The van der Waals surface area contributed by atoms with Crippen LogP contribution in [0.5, 0.6) is 0 Å². The fourth-order valence-electron chi connectivity index (χ4n) is 3.00. The Morgan fingerprint density at radius 1 is 1.00 bits per heavy atom. The Bertz CT molecular complexity index is 1140. The largest absolute Gasteiger partial charge is 0.383 e. The first-order chi connectivity index (χ1) is 14.9. The molecule has 1 amide bonds. The lowest BCUT2D eigenvalue weighted by molar-refractivity contribution is 0.0937. The number of rotatable bonds is 9. The average molecular weight is 459 g/mol. The molecule has 0 aliphatic carbocycles. The van der Waals surface area contributed by atoms with Gasteiger partial charge in [0.2, 0.25) is 0 Å². The highest BCUT2D eigenvalue weighted by Gasteiger charge is 2.27. The molecule has 0 aromatic heterocycles. The van der Waals surface area contributed by atoms with Crippen LogP contribution in [0.15, 0.2) is 83.8 Å². The van der Waals surface area contributed by atoms with Crippen LogP contribution >= 0.6 is 11.6 Å². The number of nitrogens with one attached hydrogen (secondary N) is 1. The summed E-state index contributed by atoms with van der Waals surface area (Å²) in [6.45, 7) is 0.782. The van der Waals surface area contributed by atoms with Crippen molar-refractivity contribution in [2.24, 2.45) is 0 Å². The summed E-state index contributed by atoms with van der Waals surface area (Å²) >= 11 is 6.35. The molecule has 3 aromatic carbocycles. The van der Waals surface area contributed by atoms with Crippen molar-refractivity contribution in [3.05, 3.63) is 95.0 Å². The van der Waals surface area contributed by atoms with E-state index >= 15 is 0 Å². The second-order valence-electron chi connectivity index (χ2n) is 6.73. The van der Waals surface area contributed by atoms with E-state index in [0.29, 0.717) is 23.9 Å². The van der Waals surface area contributed by atoms with E-state index in [1.807, 2.05) is 30.3 Å². The number of hydrogen-bond donors (Lipinski definition) is 1. The Balaban J connectivity index is 1.99. The first-order valence-corrected chi connectivity index (χ1v) is 11.4. The molecule has 3 rings (SSSR count). The normalized spacial score (nSPS) is 11.2. The van der Waals surface area contributed by atoms with Crippen LogP contribution in [0.3, 0.4) is 0 Å². The molecule has 0 unspecified atom stereocenters. The van der Waals surface area contributed by atoms with E-state index < -0.39 is 10.0 Å². The molecule has 0 aliphatic heterocycles. The van der Waals surface area contributed by atoms with Crippen LogP contribution < -0.4 is 9.62 Å². The minimum absolute atomic E-state index is 0.00254. The van der Waals surface area contributed by atoms with Crippen molar-refractivity contribution in [3.8, 4) is 0 Å². The van der Waals surface area contributed by atoms with Crippen LogP contribution in [0.2, 0.25) is 5.02 Å². The van der Waals surface area contributed by atoms with Gasteiger partial charge in [0.15, 0.2) is 0 Å². The maximum atomic E-state index is 13.6. The molecule has 0 atom stereocenters. The number of sulfonamides is 1. The van der Waals surface area contributed by atoms with Crippen LogP contribution in [0.4, 0.5) is 5.69 Å². The van der Waals surface area contributed by atoms with Crippen molar-refractivity contribution < 1.29 is 17.9 Å². The molecular weight excluding hydrogens is 436 g/mol. The number of methoxy groups -OCH3 is 1. The standard InChI is InChI=1S/C23H23ClN2O4S/c1-30-15-14-25-23(27)19-10-7-11-20(16-19)31(28,29)26(17-18-8-3-2-4-9-18)22-13-6-5-12-21(22)24/h2-13,16H,14-15,17H2,1H3,(H,25,27). The van der Waals surface area contributed by atoms with Crippen molar-refractivity contribution in [1.82, 2.24) is 5.32 Å². The van der Waals surface area contributed by atoms with Crippen molar-refractivity contribution in [3.63, 3.8) is 0 Å². The smallest absolute Gasteiger partial charge is 0.264 e. The van der Waals surface area contributed by atoms with Crippen LogP contribution in [-0.4, -0.2) is 34.6 Å². The number of amides is 1. The lowest BCUT2D eigenvalue weighted by Crippen LogP contribution is -2.31. The Morgan fingerprint density at radius 3 is 2.42 bits per heavy atom. The number of carbonyl (C=O) groups excluding carboxylic acids is 1. The zero-order chi connectivity index (χ0) is 22.3. The number of ether oxygens (including phenoxy) is 1. The number of halogens is 1. The summed E-state index contributed by atoms with van der Waals surface area (Å²) in [5, 5.41) is 3.01. The molecule has 0 aliphatic rings. The maximum Gasteiger partial charge on any atom is 0.264 e. The molecule has 1 N–H and O–H groups in total. The molecule has 3 aromatic rings. The van der Waals surface area contributed by atoms with Gasteiger partial charge in [0, 0.05) is 19.2 Å². The third-order valence-electron chi connectivity index (χ3n) is 4.57. The van der Waals surface area contributed by atoms with Crippen molar-refractivity contribution >= 4 is 33.2 Å². The molecule has 0 bridgehead atoms. The molecule has 8 heteroatoms. The van der Waals surface area contributed by atoms with E-state index in [1.54, 1.807) is 36.4 Å². The third-order valence-corrected chi connectivity index (χ3v) is 6.64. The summed E-state index contributed by atoms with van der Waals surface area (Å²) < 4.78 is 33.5. The quantitative estimate of drug-likeness (QED) is 0.489. The highest BCUT2D eigenvalue weighted by molar-refractivity contribution is 7.92. The van der Waals surface area contributed by atoms with Crippen molar-refractivity contribution in [2.75, 3.05) is 24.6 Å². The first-order valence-electron chi connectivity index (χ1n) is 9.62. The Hall–Kier alpha value is -2.87. The summed E-state index contributed by atoms with van der Waals surface area (Å²) in [4.78, 5) is 12.4. The van der Waals surface area contributed by atoms with Crippen molar-refractivity contribution in [1.29, 1.82) is 0 Å². The monoisotopic (exact) mass is 458 g/mol. The summed E-state index contributed by atoms with van der Waals surface area (Å²) in [5.41, 5.74) is 1.42. The Labute approximate surface area is 187 Å². The van der Waals surface area contributed by atoms with E-state index in [2.05, 4.69) is 5.32 Å². The Kier molecular flexibility index (Phi) is 7.68.